The van der Waals surface area contributed by atoms with Gasteiger partial charge in [0.1, 0.15) is 5.60 Å². The zero-order chi connectivity index (χ0) is 16.4. The van der Waals surface area contributed by atoms with E-state index in [0.717, 1.165) is 6.42 Å². The maximum absolute atomic E-state index is 12.2. The Morgan fingerprint density at radius 2 is 1.86 bits per heavy atom. The minimum absolute atomic E-state index is 0.0524. The third-order valence-corrected chi connectivity index (χ3v) is 3.78. The lowest BCUT2D eigenvalue weighted by Crippen LogP contribution is -2.51. The highest BCUT2D eigenvalue weighted by Crippen LogP contribution is 2.29. The van der Waals surface area contributed by atoms with Crippen LogP contribution in [-0.2, 0) is 4.74 Å². The Bertz CT molecular complexity index is 358. The summed E-state index contributed by atoms with van der Waals surface area (Å²) >= 11 is 0. The number of likely N-dealkylation sites (tertiary alicyclic amines) is 1. The van der Waals surface area contributed by atoms with Crippen molar-refractivity contribution >= 4 is 6.09 Å². The van der Waals surface area contributed by atoms with Gasteiger partial charge in [0, 0.05) is 19.1 Å². The summed E-state index contributed by atoms with van der Waals surface area (Å²) in [6.45, 7) is 12.8. The van der Waals surface area contributed by atoms with Crippen LogP contribution in [0.1, 0.15) is 54.4 Å². The number of rotatable bonds is 2. The van der Waals surface area contributed by atoms with Gasteiger partial charge < -0.3 is 20.5 Å². The fraction of sp³-hybridized carbons (Fsp3) is 0.938. The second-order valence-electron chi connectivity index (χ2n) is 8.36. The van der Waals surface area contributed by atoms with E-state index in [1.165, 1.54) is 0 Å². The summed E-state index contributed by atoms with van der Waals surface area (Å²) in [4.78, 5) is 13.9. The first-order valence-electron chi connectivity index (χ1n) is 7.80. The number of aliphatic hydroxyl groups is 1. The molecule has 1 rings (SSSR count). The highest BCUT2D eigenvalue weighted by molar-refractivity contribution is 5.68. The Hall–Kier alpha value is -0.810. The van der Waals surface area contributed by atoms with Crippen molar-refractivity contribution in [2.45, 2.75) is 72.1 Å². The number of amides is 1. The van der Waals surface area contributed by atoms with E-state index >= 15 is 0 Å². The van der Waals surface area contributed by atoms with Gasteiger partial charge in [-0.1, -0.05) is 20.8 Å². The average Bonchev–Trinajstić information content (AvgIpc) is 2.24. The molecule has 3 atom stereocenters. The molecule has 0 aromatic rings. The minimum atomic E-state index is -0.501. The number of hydrogen-bond donors (Lipinski definition) is 2. The van der Waals surface area contributed by atoms with E-state index in [-0.39, 0.29) is 23.5 Å². The summed E-state index contributed by atoms with van der Waals surface area (Å²) in [6, 6.07) is -0.0524. The molecule has 0 aromatic heterocycles. The van der Waals surface area contributed by atoms with Gasteiger partial charge in [-0.15, -0.1) is 0 Å². The highest BCUT2D eigenvalue weighted by Gasteiger charge is 2.34. The van der Waals surface area contributed by atoms with Gasteiger partial charge in [0.2, 0.25) is 0 Å². The number of carbonyl (C=O) groups excluding carboxylic acids is 1. The average molecular weight is 300 g/mol. The quantitative estimate of drug-likeness (QED) is 0.821. The molecule has 124 valence electrons. The second kappa shape index (κ2) is 6.53. The van der Waals surface area contributed by atoms with E-state index in [1.807, 2.05) is 41.5 Å². The summed E-state index contributed by atoms with van der Waals surface area (Å²) in [5.41, 5.74) is 5.42. The van der Waals surface area contributed by atoms with Gasteiger partial charge >= 0.3 is 6.09 Å². The van der Waals surface area contributed by atoms with Crippen molar-refractivity contribution in [3.05, 3.63) is 0 Å². The van der Waals surface area contributed by atoms with Crippen molar-refractivity contribution in [3.8, 4) is 0 Å². The minimum Gasteiger partial charge on any atom is -0.444 e. The molecule has 0 radical (unpaired) electrons. The molecule has 3 N–H and O–H groups in total. The number of nitrogens with two attached hydrogens (primary N) is 1. The molecule has 3 unspecified atom stereocenters. The van der Waals surface area contributed by atoms with Crippen LogP contribution < -0.4 is 5.73 Å². The Morgan fingerprint density at radius 1 is 1.29 bits per heavy atom. The zero-order valence-corrected chi connectivity index (χ0v) is 14.3. The molecule has 1 aliphatic rings. The summed E-state index contributed by atoms with van der Waals surface area (Å²) < 4.78 is 5.42. The van der Waals surface area contributed by atoms with Crippen LogP contribution in [-0.4, -0.2) is 46.9 Å². The normalized spacial score (nSPS) is 25.6. The third kappa shape index (κ3) is 6.22. The number of piperidine rings is 1. The molecular formula is C16H32N2O3. The summed E-state index contributed by atoms with van der Waals surface area (Å²) in [5, 5.41) is 10.3. The van der Waals surface area contributed by atoms with Gasteiger partial charge in [-0.25, -0.2) is 4.79 Å². The lowest BCUT2D eigenvalue weighted by molar-refractivity contribution is 0.000569. The smallest absolute Gasteiger partial charge is 0.410 e. The molecule has 1 aliphatic heterocycles. The maximum Gasteiger partial charge on any atom is 0.410 e. The number of ether oxygens (including phenoxy) is 1. The largest absolute Gasteiger partial charge is 0.444 e. The number of nitrogens with zero attached hydrogens (tertiary/aromatic N) is 1. The number of aliphatic hydroxyl groups excluding tert-OH is 1. The Kier molecular flexibility index (Phi) is 5.67. The Labute approximate surface area is 128 Å². The lowest BCUT2D eigenvalue weighted by atomic mass is 9.80. The first-order chi connectivity index (χ1) is 9.38. The molecule has 5 nitrogen and oxygen atoms in total. The Balaban J connectivity index is 2.64. The molecule has 1 saturated heterocycles. The van der Waals surface area contributed by atoms with Crippen LogP contribution in [0, 0.1) is 11.3 Å². The van der Waals surface area contributed by atoms with Crippen molar-refractivity contribution in [3.63, 3.8) is 0 Å². The van der Waals surface area contributed by atoms with E-state index in [1.54, 1.807) is 4.90 Å². The molecule has 5 heteroatoms. The summed E-state index contributed by atoms with van der Waals surface area (Å²) in [5.74, 6) is 0.218. The van der Waals surface area contributed by atoms with Crippen LogP contribution >= 0.6 is 0 Å². The lowest BCUT2D eigenvalue weighted by Gasteiger charge is -2.39. The predicted octanol–water partition coefficient (Wildman–Crippen LogP) is 2.37. The van der Waals surface area contributed by atoms with Gasteiger partial charge in [0.25, 0.3) is 0 Å². The molecule has 1 heterocycles. The van der Waals surface area contributed by atoms with Gasteiger partial charge in [-0.2, -0.15) is 0 Å². The van der Waals surface area contributed by atoms with Gasteiger partial charge in [-0.05, 0) is 44.9 Å². The van der Waals surface area contributed by atoms with Crippen molar-refractivity contribution in [1.29, 1.82) is 0 Å². The van der Waals surface area contributed by atoms with E-state index in [4.69, 9.17) is 10.5 Å². The maximum atomic E-state index is 12.2. The van der Waals surface area contributed by atoms with Crippen LogP contribution in [0.5, 0.6) is 0 Å². The molecule has 1 amide bonds. The molecule has 0 bridgehead atoms. The zero-order valence-electron chi connectivity index (χ0n) is 14.3. The Morgan fingerprint density at radius 3 is 2.33 bits per heavy atom. The summed E-state index contributed by atoms with van der Waals surface area (Å²) in [7, 11) is 0. The van der Waals surface area contributed by atoms with E-state index in [0.29, 0.717) is 19.5 Å². The first-order valence-corrected chi connectivity index (χ1v) is 7.80. The van der Waals surface area contributed by atoms with E-state index < -0.39 is 11.7 Å². The van der Waals surface area contributed by atoms with E-state index in [2.05, 4.69) is 0 Å². The molecule has 0 spiro atoms. The van der Waals surface area contributed by atoms with E-state index in [9.17, 15) is 9.90 Å². The van der Waals surface area contributed by atoms with Crippen LogP contribution in [0.2, 0.25) is 0 Å². The van der Waals surface area contributed by atoms with Crippen molar-refractivity contribution in [2.75, 3.05) is 13.1 Å². The van der Waals surface area contributed by atoms with Crippen LogP contribution in [0.4, 0.5) is 4.79 Å². The molecule has 0 aromatic carbocycles. The van der Waals surface area contributed by atoms with Crippen molar-refractivity contribution in [2.24, 2.45) is 17.1 Å². The third-order valence-electron chi connectivity index (χ3n) is 3.78. The predicted molar refractivity (Wildman–Crippen MR) is 84.0 cm³/mol. The number of hydrogen-bond acceptors (Lipinski definition) is 4. The monoisotopic (exact) mass is 300 g/mol. The fourth-order valence-corrected chi connectivity index (χ4v) is 2.56. The first kappa shape index (κ1) is 18.2. The van der Waals surface area contributed by atoms with Crippen LogP contribution in [0.3, 0.4) is 0 Å². The molecule has 0 aliphatic carbocycles. The van der Waals surface area contributed by atoms with Crippen LogP contribution in [0.25, 0.3) is 0 Å². The molecular weight excluding hydrogens is 268 g/mol. The van der Waals surface area contributed by atoms with Gasteiger partial charge in [-0.3, -0.25) is 0 Å². The SMILES string of the molecule is CC(C)(C)OC(=O)N1CC(N)CC(CC(O)C(C)(C)C)C1. The van der Waals surface area contributed by atoms with Crippen LogP contribution in [0.15, 0.2) is 0 Å². The topological polar surface area (TPSA) is 75.8 Å². The standard InChI is InChI=1S/C16H32N2O3/c1-15(2,3)13(19)8-11-7-12(17)10-18(9-11)14(20)21-16(4,5)6/h11-13,19H,7-10,17H2,1-6H3. The number of carbonyl (C=O) groups is 1. The molecule has 0 saturated carbocycles. The molecule has 1 fully saturated rings. The summed E-state index contributed by atoms with van der Waals surface area (Å²) in [6.07, 6.45) is 0.796. The van der Waals surface area contributed by atoms with Gasteiger partial charge in [0.05, 0.1) is 6.10 Å². The molecule has 21 heavy (non-hydrogen) atoms. The second-order valence-corrected chi connectivity index (χ2v) is 8.36. The highest BCUT2D eigenvalue weighted by atomic mass is 16.6. The van der Waals surface area contributed by atoms with Crippen molar-refractivity contribution < 1.29 is 14.6 Å². The fourth-order valence-electron chi connectivity index (χ4n) is 2.56. The van der Waals surface area contributed by atoms with Crippen molar-refractivity contribution in [1.82, 2.24) is 4.90 Å². The van der Waals surface area contributed by atoms with Gasteiger partial charge in [0.15, 0.2) is 0 Å².